The smallest absolute Gasteiger partial charge is 0.408 e. The lowest BCUT2D eigenvalue weighted by molar-refractivity contribution is -0.126. The van der Waals surface area contributed by atoms with E-state index < -0.39 is 22.8 Å². The fourth-order valence-electron chi connectivity index (χ4n) is 2.30. The summed E-state index contributed by atoms with van der Waals surface area (Å²) < 4.78 is 5.20. The minimum Gasteiger partial charge on any atom is -0.444 e. The molecule has 0 saturated heterocycles. The van der Waals surface area contributed by atoms with Gasteiger partial charge >= 0.3 is 6.09 Å². The molecule has 2 amide bonds. The van der Waals surface area contributed by atoms with Gasteiger partial charge in [-0.2, -0.15) is 0 Å². The molecule has 1 fully saturated rings. The highest BCUT2D eigenvalue weighted by Crippen LogP contribution is 2.37. The summed E-state index contributed by atoms with van der Waals surface area (Å²) in [5, 5.41) is 15.2. The zero-order valence-electron chi connectivity index (χ0n) is 14.3. The summed E-state index contributed by atoms with van der Waals surface area (Å²) in [6.45, 7) is 12.4. The normalized spacial score (nSPS) is 16.2. The maximum absolute atomic E-state index is 12.6. The Kier molecular flexibility index (Phi) is 5.99. The number of aliphatic hydroxyl groups is 1. The van der Waals surface area contributed by atoms with Crippen LogP contribution in [0, 0.1) is 0 Å². The van der Waals surface area contributed by atoms with Crippen molar-refractivity contribution in [1.29, 1.82) is 0 Å². The molecule has 0 atom stereocenters. The van der Waals surface area contributed by atoms with E-state index in [2.05, 4.69) is 23.8 Å². The third-order valence-corrected chi connectivity index (χ3v) is 3.68. The molecule has 1 saturated carbocycles. The molecule has 6 heteroatoms. The molecule has 23 heavy (non-hydrogen) atoms. The van der Waals surface area contributed by atoms with E-state index in [0.717, 1.165) is 0 Å². The lowest BCUT2D eigenvalue weighted by Gasteiger charge is -2.33. The third-order valence-electron chi connectivity index (χ3n) is 3.68. The van der Waals surface area contributed by atoms with Crippen LogP contribution in [-0.2, 0) is 9.53 Å². The molecule has 0 unspecified atom stereocenters. The number of aliphatic hydroxyl groups excluding tert-OH is 1. The first-order chi connectivity index (χ1) is 10.6. The third kappa shape index (κ3) is 5.39. The van der Waals surface area contributed by atoms with Crippen molar-refractivity contribution >= 4 is 12.0 Å². The molecule has 1 rings (SSSR count). The molecule has 0 aliphatic heterocycles. The molecule has 0 radical (unpaired) electrons. The Morgan fingerprint density at radius 1 is 1.22 bits per heavy atom. The molecule has 1 aliphatic rings. The van der Waals surface area contributed by atoms with E-state index in [9.17, 15) is 14.7 Å². The number of hydrogen-bond acceptors (Lipinski definition) is 4. The lowest BCUT2D eigenvalue weighted by Crippen LogP contribution is -2.58. The van der Waals surface area contributed by atoms with Crippen LogP contribution >= 0.6 is 0 Å². The van der Waals surface area contributed by atoms with Gasteiger partial charge in [0.25, 0.3) is 0 Å². The average molecular weight is 324 g/mol. The van der Waals surface area contributed by atoms with Gasteiger partial charge in [-0.3, -0.25) is 4.79 Å². The van der Waals surface area contributed by atoms with Crippen LogP contribution in [-0.4, -0.2) is 40.4 Å². The van der Waals surface area contributed by atoms with Crippen LogP contribution in [0.15, 0.2) is 25.3 Å². The molecule has 6 nitrogen and oxygen atoms in total. The monoisotopic (exact) mass is 324 g/mol. The van der Waals surface area contributed by atoms with Gasteiger partial charge in [-0.05, 0) is 46.5 Å². The van der Waals surface area contributed by atoms with Crippen molar-refractivity contribution in [2.45, 2.75) is 63.1 Å². The molecular formula is C17H28N2O4. The van der Waals surface area contributed by atoms with E-state index in [1.54, 1.807) is 32.9 Å². The maximum atomic E-state index is 12.6. The van der Waals surface area contributed by atoms with Crippen molar-refractivity contribution < 1.29 is 19.4 Å². The van der Waals surface area contributed by atoms with Gasteiger partial charge in [0.1, 0.15) is 11.1 Å². The molecule has 3 N–H and O–H groups in total. The van der Waals surface area contributed by atoms with Crippen molar-refractivity contribution in [3.8, 4) is 0 Å². The van der Waals surface area contributed by atoms with E-state index in [1.807, 2.05) is 0 Å². The highest BCUT2D eigenvalue weighted by atomic mass is 16.6. The van der Waals surface area contributed by atoms with Crippen molar-refractivity contribution in [2.75, 3.05) is 6.61 Å². The maximum Gasteiger partial charge on any atom is 0.408 e. The standard InChI is InChI=1S/C17H28N2O4/c1-6-8-16(12-20,9-7-2)18-13(21)17(10-11-17)19-14(22)23-15(3,4)5/h6-7,20H,1-2,8-12H2,3-5H3,(H,18,21)(H,19,22). The van der Waals surface area contributed by atoms with Crippen molar-refractivity contribution in [1.82, 2.24) is 10.6 Å². The average Bonchev–Trinajstić information content (AvgIpc) is 3.17. The van der Waals surface area contributed by atoms with Crippen LogP contribution in [0.3, 0.4) is 0 Å². The van der Waals surface area contributed by atoms with Gasteiger partial charge in [-0.1, -0.05) is 12.2 Å². The topological polar surface area (TPSA) is 87.7 Å². The molecule has 0 aromatic rings. The summed E-state index contributed by atoms with van der Waals surface area (Å²) in [4.78, 5) is 24.5. The highest BCUT2D eigenvalue weighted by molar-refractivity contribution is 5.93. The number of nitrogens with one attached hydrogen (secondary N) is 2. The summed E-state index contributed by atoms with van der Waals surface area (Å²) in [5.74, 6) is -0.318. The van der Waals surface area contributed by atoms with Gasteiger partial charge in [-0.15, -0.1) is 13.2 Å². The van der Waals surface area contributed by atoms with Crippen LogP contribution in [0.2, 0.25) is 0 Å². The molecular weight excluding hydrogens is 296 g/mol. The molecule has 0 heterocycles. The van der Waals surface area contributed by atoms with Gasteiger partial charge in [-0.25, -0.2) is 4.79 Å². The van der Waals surface area contributed by atoms with Gasteiger partial charge in [0, 0.05) is 0 Å². The Hall–Kier alpha value is -1.82. The zero-order valence-corrected chi connectivity index (χ0v) is 14.3. The minimum atomic E-state index is -0.953. The molecule has 1 aliphatic carbocycles. The van der Waals surface area contributed by atoms with E-state index in [1.165, 1.54) is 0 Å². The van der Waals surface area contributed by atoms with E-state index in [-0.39, 0.29) is 12.5 Å². The van der Waals surface area contributed by atoms with Crippen LogP contribution in [0.5, 0.6) is 0 Å². The summed E-state index contributed by atoms with van der Waals surface area (Å²) in [7, 11) is 0. The first-order valence-electron chi connectivity index (χ1n) is 7.78. The minimum absolute atomic E-state index is 0.237. The lowest BCUT2D eigenvalue weighted by atomic mass is 9.91. The fraction of sp³-hybridized carbons (Fsp3) is 0.647. The zero-order chi connectivity index (χ0) is 17.7. The molecule has 0 aromatic heterocycles. The van der Waals surface area contributed by atoms with Crippen molar-refractivity contribution in [3.05, 3.63) is 25.3 Å². The fourth-order valence-corrected chi connectivity index (χ4v) is 2.30. The Morgan fingerprint density at radius 3 is 2.09 bits per heavy atom. The second-order valence-corrected chi connectivity index (χ2v) is 7.09. The van der Waals surface area contributed by atoms with E-state index in [0.29, 0.717) is 25.7 Å². The van der Waals surface area contributed by atoms with Crippen LogP contribution in [0.1, 0.15) is 46.5 Å². The second kappa shape index (κ2) is 7.17. The van der Waals surface area contributed by atoms with Crippen LogP contribution in [0.4, 0.5) is 4.79 Å². The SMILES string of the molecule is C=CCC(CO)(CC=C)NC(=O)C1(NC(=O)OC(C)(C)C)CC1. The van der Waals surface area contributed by atoms with Crippen molar-refractivity contribution in [3.63, 3.8) is 0 Å². The predicted octanol–water partition coefficient (Wildman–Crippen LogP) is 2.04. The van der Waals surface area contributed by atoms with E-state index >= 15 is 0 Å². The second-order valence-electron chi connectivity index (χ2n) is 7.09. The number of amides is 2. The number of alkyl carbamates (subject to hydrolysis) is 1. The first-order valence-corrected chi connectivity index (χ1v) is 7.78. The number of rotatable bonds is 8. The van der Waals surface area contributed by atoms with Gasteiger partial charge in [0.2, 0.25) is 5.91 Å². The van der Waals surface area contributed by atoms with Gasteiger partial charge in [0.15, 0.2) is 0 Å². The summed E-state index contributed by atoms with van der Waals surface area (Å²) >= 11 is 0. The van der Waals surface area contributed by atoms with Gasteiger partial charge in [0.05, 0.1) is 12.1 Å². The molecule has 130 valence electrons. The summed E-state index contributed by atoms with van der Waals surface area (Å²) in [5.41, 5.74) is -2.42. The summed E-state index contributed by atoms with van der Waals surface area (Å²) in [6, 6.07) is 0. The molecule has 0 aromatic carbocycles. The molecule has 0 bridgehead atoms. The van der Waals surface area contributed by atoms with E-state index in [4.69, 9.17) is 4.74 Å². The van der Waals surface area contributed by atoms with Crippen LogP contribution < -0.4 is 10.6 Å². The number of hydrogen-bond donors (Lipinski definition) is 3. The number of carbonyl (C=O) groups excluding carboxylic acids is 2. The molecule has 0 spiro atoms. The van der Waals surface area contributed by atoms with Crippen LogP contribution in [0.25, 0.3) is 0 Å². The first kappa shape index (κ1) is 19.2. The number of ether oxygens (including phenoxy) is 1. The Balaban J connectivity index is 2.76. The van der Waals surface area contributed by atoms with Crippen molar-refractivity contribution in [2.24, 2.45) is 0 Å². The predicted molar refractivity (Wildman–Crippen MR) is 88.9 cm³/mol. The summed E-state index contributed by atoms with van der Waals surface area (Å²) in [6.07, 6.45) is 4.56. The Morgan fingerprint density at radius 2 is 1.74 bits per heavy atom. The number of carbonyl (C=O) groups is 2. The Labute approximate surface area is 138 Å². The quantitative estimate of drug-likeness (QED) is 0.596. The Bertz CT molecular complexity index is 465. The largest absolute Gasteiger partial charge is 0.444 e. The highest BCUT2D eigenvalue weighted by Gasteiger charge is 2.53. The van der Waals surface area contributed by atoms with Gasteiger partial charge < -0.3 is 20.5 Å².